The average molecular weight is 346 g/mol. The quantitative estimate of drug-likeness (QED) is 0.832. The van der Waals surface area contributed by atoms with Crippen molar-refractivity contribution in [2.45, 2.75) is 52.2 Å². The number of carbonyl (C=O) groups excluding carboxylic acids is 2. The monoisotopic (exact) mass is 346 g/mol. The highest BCUT2D eigenvalue weighted by molar-refractivity contribution is 5.92. The van der Waals surface area contributed by atoms with Crippen LogP contribution in [0.1, 0.15) is 50.4 Å². The van der Waals surface area contributed by atoms with Gasteiger partial charge in [-0.05, 0) is 49.4 Å². The molecule has 0 heterocycles. The van der Waals surface area contributed by atoms with Crippen LogP contribution in [0.25, 0.3) is 0 Å². The third-order valence-corrected chi connectivity index (χ3v) is 5.31. The first-order chi connectivity index (χ1) is 11.8. The van der Waals surface area contributed by atoms with Crippen molar-refractivity contribution in [1.82, 2.24) is 5.32 Å². The minimum absolute atomic E-state index is 0.164. The molecule has 1 N–H and O–H groups in total. The number of ether oxygens (including phenoxy) is 1. The Morgan fingerprint density at radius 1 is 1.16 bits per heavy atom. The molecule has 25 heavy (non-hydrogen) atoms. The van der Waals surface area contributed by atoms with Gasteiger partial charge < -0.3 is 15.0 Å². The van der Waals surface area contributed by atoms with Gasteiger partial charge in [-0.1, -0.05) is 26.7 Å². The number of esters is 1. The van der Waals surface area contributed by atoms with E-state index < -0.39 is 12.1 Å². The van der Waals surface area contributed by atoms with Crippen molar-refractivity contribution in [3.63, 3.8) is 0 Å². The number of anilines is 1. The first-order valence-electron chi connectivity index (χ1n) is 9.08. The highest BCUT2D eigenvalue weighted by Gasteiger charge is 2.30. The Morgan fingerprint density at radius 2 is 1.80 bits per heavy atom. The maximum atomic E-state index is 12.4. The standard InChI is InChI=1S/C20H30N2O3/c1-13-7-6-8-18(14(13)2)21-19(23)15(3)25-20(24)16-9-11-17(12-10-16)22(4)5/h9-15,18H,6-8H2,1-5H3,(H,21,23)/t13-,14-,15-,18-/m1/s1. The smallest absolute Gasteiger partial charge is 0.338 e. The minimum Gasteiger partial charge on any atom is -0.449 e. The van der Waals surface area contributed by atoms with Crippen molar-refractivity contribution in [3.8, 4) is 0 Å². The summed E-state index contributed by atoms with van der Waals surface area (Å²) in [6.07, 6.45) is 2.53. The molecule has 0 unspecified atom stereocenters. The lowest BCUT2D eigenvalue weighted by Crippen LogP contribution is -2.47. The van der Waals surface area contributed by atoms with Crippen LogP contribution in [0.3, 0.4) is 0 Å². The number of carbonyl (C=O) groups is 2. The van der Waals surface area contributed by atoms with Crippen molar-refractivity contribution >= 4 is 17.6 Å². The van der Waals surface area contributed by atoms with E-state index >= 15 is 0 Å². The third-order valence-electron chi connectivity index (χ3n) is 5.31. The molecule has 5 heteroatoms. The zero-order valence-corrected chi connectivity index (χ0v) is 15.9. The van der Waals surface area contributed by atoms with Crippen LogP contribution in [0.5, 0.6) is 0 Å². The highest BCUT2D eigenvalue weighted by atomic mass is 16.5. The van der Waals surface area contributed by atoms with Crippen LogP contribution in [0.2, 0.25) is 0 Å². The maximum Gasteiger partial charge on any atom is 0.338 e. The fraction of sp³-hybridized carbons (Fsp3) is 0.600. The molecule has 2 rings (SSSR count). The van der Waals surface area contributed by atoms with E-state index in [0.717, 1.165) is 18.5 Å². The number of amides is 1. The molecule has 4 atom stereocenters. The van der Waals surface area contributed by atoms with Crippen molar-refractivity contribution < 1.29 is 14.3 Å². The van der Waals surface area contributed by atoms with Gasteiger partial charge in [0.1, 0.15) is 0 Å². The molecule has 1 fully saturated rings. The van der Waals surface area contributed by atoms with E-state index in [1.165, 1.54) is 6.42 Å². The molecule has 1 aromatic carbocycles. The zero-order chi connectivity index (χ0) is 18.6. The van der Waals surface area contributed by atoms with Gasteiger partial charge in [0.25, 0.3) is 5.91 Å². The lowest BCUT2D eigenvalue weighted by molar-refractivity contribution is -0.130. The van der Waals surface area contributed by atoms with E-state index in [1.807, 2.05) is 31.1 Å². The summed E-state index contributed by atoms with van der Waals surface area (Å²) in [7, 11) is 3.87. The molecule has 0 aliphatic heterocycles. The summed E-state index contributed by atoms with van der Waals surface area (Å²) in [5.41, 5.74) is 1.45. The summed E-state index contributed by atoms with van der Waals surface area (Å²) in [5, 5.41) is 3.06. The largest absolute Gasteiger partial charge is 0.449 e. The molecule has 0 spiro atoms. The van der Waals surface area contributed by atoms with Crippen molar-refractivity contribution in [2.24, 2.45) is 11.8 Å². The van der Waals surface area contributed by atoms with Gasteiger partial charge in [0.15, 0.2) is 6.10 Å². The van der Waals surface area contributed by atoms with E-state index in [0.29, 0.717) is 17.4 Å². The summed E-state index contributed by atoms with van der Waals surface area (Å²) in [6.45, 7) is 6.03. The second-order valence-corrected chi connectivity index (χ2v) is 7.37. The summed E-state index contributed by atoms with van der Waals surface area (Å²) < 4.78 is 5.34. The van der Waals surface area contributed by atoms with Crippen LogP contribution in [0.15, 0.2) is 24.3 Å². The van der Waals surface area contributed by atoms with Gasteiger partial charge in [-0.25, -0.2) is 4.79 Å². The van der Waals surface area contributed by atoms with Crippen LogP contribution >= 0.6 is 0 Å². The second-order valence-electron chi connectivity index (χ2n) is 7.37. The predicted octanol–water partition coefficient (Wildman–Crippen LogP) is 3.24. The molecule has 1 saturated carbocycles. The zero-order valence-electron chi connectivity index (χ0n) is 15.9. The molecule has 0 saturated heterocycles. The van der Waals surface area contributed by atoms with Crippen LogP contribution in [-0.2, 0) is 9.53 Å². The van der Waals surface area contributed by atoms with Gasteiger partial charge in [0, 0.05) is 25.8 Å². The SMILES string of the molecule is C[C@@H]1[C@H](C)CCC[C@H]1NC(=O)[C@@H](C)OC(=O)c1ccc(N(C)C)cc1. The summed E-state index contributed by atoms with van der Waals surface area (Å²) in [6, 6.07) is 7.30. The lowest BCUT2D eigenvalue weighted by atomic mass is 9.78. The van der Waals surface area contributed by atoms with Gasteiger partial charge in [-0.3, -0.25) is 4.79 Å². The highest BCUT2D eigenvalue weighted by Crippen LogP contribution is 2.29. The molecular formula is C20H30N2O3. The van der Waals surface area contributed by atoms with Gasteiger partial charge in [0.2, 0.25) is 0 Å². The minimum atomic E-state index is -0.801. The molecule has 5 nitrogen and oxygen atoms in total. The summed E-state index contributed by atoms with van der Waals surface area (Å²) in [5.74, 6) is 0.355. The number of nitrogens with zero attached hydrogens (tertiary/aromatic N) is 1. The lowest BCUT2D eigenvalue weighted by Gasteiger charge is -2.35. The molecule has 138 valence electrons. The molecular weight excluding hydrogens is 316 g/mol. The van der Waals surface area contributed by atoms with Crippen molar-refractivity contribution in [1.29, 1.82) is 0 Å². The second kappa shape index (κ2) is 8.37. The molecule has 1 aliphatic carbocycles. The number of hydrogen-bond donors (Lipinski definition) is 1. The van der Waals surface area contributed by atoms with Gasteiger partial charge in [-0.2, -0.15) is 0 Å². The Bertz CT molecular complexity index is 597. The number of hydrogen-bond acceptors (Lipinski definition) is 4. The molecule has 1 aromatic rings. The summed E-state index contributed by atoms with van der Waals surface area (Å²) >= 11 is 0. The van der Waals surface area contributed by atoms with E-state index in [2.05, 4.69) is 19.2 Å². The first-order valence-corrected chi connectivity index (χ1v) is 9.08. The van der Waals surface area contributed by atoms with E-state index in [9.17, 15) is 9.59 Å². The Labute approximate surface area is 150 Å². The molecule has 1 amide bonds. The summed E-state index contributed by atoms with van der Waals surface area (Å²) in [4.78, 5) is 26.6. The Morgan fingerprint density at radius 3 is 2.40 bits per heavy atom. The maximum absolute atomic E-state index is 12.4. The first kappa shape index (κ1) is 19.3. The number of nitrogens with one attached hydrogen (secondary N) is 1. The fourth-order valence-electron chi connectivity index (χ4n) is 3.26. The average Bonchev–Trinajstić information content (AvgIpc) is 2.58. The van der Waals surface area contributed by atoms with Crippen LogP contribution < -0.4 is 10.2 Å². The van der Waals surface area contributed by atoms with Crippen molar-refractivity contribution in [2.75, 3.05) is 19.0 Å². The van der Waals surface area contributed by atoms with Gasteiger partial charge in [-0.15, -0.1) is 0 Å². The molecule has 1 aliphatic rings. The Hall–Kier alpha value is -2.04. The third kappa shape index (κ3) is 4.97. The van der Waals surface area contributed by atoms with E-state index in [-0.39, 0.29) is 11.9 Å². The topological polar surface area (TPSA) is 58.6 Å². The molecule has 0 aromatic heterocycles. The Kier molecular flexibility index (Phi) is 6.45. The Balaban J connectivity index is 1.90. The van der Waals surface area contributed by atoms with Crippen molar-refractivity contribution in [3.05, 3.63) is 29.8 Å². The molecule has 0 bridgehead atoms. The fourth-order valence-corrected chi connectivity index (χ4v) is 3.26. The number of benzene rings is 1. The molecule has 0 radical (unpaired) electrons. The van der Waals surface area contributed by atoms with Crippen LogP contribution in [0.4, 0.5) is 5.69 Å². The number of rotatable bonds is 5. The van der Waals surface area contributed by atoms with Crippen LogP contribution in [0, 0.1) is 11.8 Å². The van der Waals surface area contributed by atoms with E-state index in [4.69, 9.17) is 4.74 Å². The normalized spacial score (nSPS) is 24.3. The van der Waals surface area contributed by atoms with E-state index in [1.54, 1.807) is 19.1 Å². The van der Waals surface area contributed by atoms with Gasteiger partial charge in [0.05, 0.1) is 5.56 Å². The van der Waals surface area contributed by atoms with Gasteiger partial charge >= 0.3 is 5.97 Å². The van der Waals surface area contributed by atoms with Crippen LogP contribution in [-0.4, -0.2) is 38.1 Å². The predicted molar refractivity (Wildman–Crippen MR) is 99.8 cm³/mol.